The Labute approximate surface area is 90.4 Å². The van der Waals surface area contributed by atoms with Crippen molar-refractivity contribution in [1.29, 1.82) is 0 Å². The van der Waals surface area contributed by atoms with E-state index in [1.807, 2.05) is 0 Å². The van der Waals surface area contributed by atoms with Gasteiger partial charge in [-0.1, -0.05) is 18.2 Å². The van der Waals surface area contributed by atoms with Crippen LogP contribution in [0.3, 0.4) is 0 Å². The number of hydrogen-bond acceptors (Lipinski definition) is 2. The summed E-state index contributed by atoms with van der Waals surface area (Å²) in [5, 5.41) is 0. The van der Waals surface area contributed by atoms with Crippen LogP contribution in [0.2, 0.25) is 0 Å². The van der Waals surface area contributed by atoms with Crippen molar-refractivity contribution in [2.24, 2.45) is 5.73 Å². The van der Waals surface area contributed by atoms with Gasteiger partial charge in [0.15, 0.2) is 0 Å². The Hall–Kier alpha value is -0.860. The van der Waals surface area contributed by atoms with Gasteiger partial charge in [-0.15, -0.1) is 0 Å². The molecule has 0 aromatic heterocycles. The van der Waals surface area contributed by atoms with Gasteiger partial charge in [-0.05, 0) is 42.4 Å². The molecule has 0 amide bonds. The molecule has 80 valence electrons. The van der Waals surface area contributed by atoms with Crippen LogP contribution in [0.1, 0.15) is 29.5 Å². The normalized spacial score (nSPS) is 22.2. The van der Waals surface area contributed by atoms with E-state index in [1.54, 1.807) is 0 Å². The molecular weight excluding hydrogens is 186 g/mol. The van der Waals surface area contributed by atoms with Gasteiger partial charge in [-0.3, -0.25) is 0 Å². The van der Waals surface area contributed by atoms with E-state index in [0.29, 0.717) is 0 Å². The second kappa shape index (κ2) is 3.32. The van der Waals surface area contributed by atoms with Crippen molar-refractivity contribution in [2.75, 3.05) is 6.61 Å². The summed E-state index contributed by atoms with van der Waals surface area (Å²) < 4.78 is 5.53. The maximum absolute atomic E-state index is 6.17. The summed E-state index contributed by atoms with van der Waals surface area (Å²) in [6.07, 6.45) is 4.44. The van der Waals surface area contributed by atoms with E-state index in [4.69, 9.17) is 10.5 Å². The first kappa shape index (κ1) is 9.37. The minimum Gasteiger partial charge on any atom is -0.376 e. The third-order valence-corrected chi connectivity index (χ3v) is 3.57. The summed E-state index contributed by atoms with van der Waals surface area (Å²) in [5.74, 6) is 0. The highest BCUT2D eigenvalue weighted by Crippen LogP contribution is 2.37. The molecule has 0 radical (unpaired) electrons. The molecule has 0 spiro atoms. The fourth-order valence-electron chi connectivity index (χ4n) is 2.35. The van der Waals surface area contributed by atoms with E-state index in [2.05, 4.69) is 18.2 Å². The standard InChI is InChI=1S/C13H17NO/c14-13(5-6-13)8-11-3-1-2-10-4-7-15-9-12(10)11/h1-3H,4-9,14H2. The van der Waals surface area contributed by atoms with Crippen molar-refractivity contribution in [3.63, 3.8) is 0 Å². The number of fused-ring (bicyclic) bond motifs is 1. The molecule has 0 atom stereocenters. The van der Waals surface area contributed by atoms with Crippen molar-refractivity contribution in [3.05, 3.63) is 34.9 Å². The van der Waals surface area contributed by atoms with Crippen LogP contribution in [-0.4, -0.2) is 12.1 Å². The Morgan fingerprint density at radius 2 is 2.20 bits per heavy atom. The molecule has 2 nitrogen and oxygen atoms in total. The van der Waals surface area contributed by atoms with Gasteiger partial charge in [0, 0.05) is 5.54 Å². The molecule has 15 heavy (non-hydrogen) atoms. The zero-order chi connectivity index (χ0) is 10.3. The summed E-state index contributed by atoms with van der Waals surface area (Å²) in [4.78, 5) is 0. The molecule has 1 aliphatic carbocycles. The topological polar surface area (TPSA) is 35.2 Å². The molecule has 0 bridgehead atoms. The molecule has 1 aromatic carbocycles. The van der Waals surface area contributed by atoms with Crippen LogP contribution in [-0.2, 0) is 24.2 Å². The molecule has 1 saturated carbocycles. The number of ether oxygens (including phenoxy) is 1. The first-order valence-corrected chi connectivity index (χ1v) is 5.73. The zero-order valence-corrected chi connectivity index (χ0v) is 8.96. The summed E-state index contributed by atoms with van der Waals surface area (Å²) in [5.41, 5.74) is 10.5. The molecule has 0 saturated heterocycles. The van der Waals surface area contributed by atoms with E-state index in [-0.39, 0.29) is 5.54 Å². The zero-order valence-electron chi connectivity index (χ0n) is 8.96. The number of rotatable bonds is 2. The maximum Gasteiger partial charge on any atom is 0.0722 e. The van der Waals surface area contributed by atoms with Gasteiger partial charge in [-0.25, -0.2) is 0 Å². The van der Waals surface area contributed by atoms with Gasteiger partial charge < -0.3 is 10.5 Å². The summed E-state index contributed by atoms with van der Waals surface area (Å²) in [7, 11) is 0. The van der Waals surface area contributed by atoms with Crippen molar-refractivity contribution in [1.82, 2.24) is 0 Å². The Morgan fingerprint density at radius 1 is 1.33 bits per heavy atom. The van der Waals surface area contributed by atoms with Crippen LogP contribution in [0, 0.1) is 0 Å². The molecule has 1 aliphatic heterocycles. The molecule has 2 heteroatoms. The fourth-order valence-corrected chi connectivity index (χ4v) is 2.35. The molecule has 2 N–H and O–H groups in total. The molecular formula is C13H17NO. The van der Waals surface area contributed by atoms with Crippen LogP contribution >= 0.6 is 0 Å². The van der Waals surface area contributed by atoms with Crippen LogP contribution in [0.25, 0.3) is 0 Å². The van der Waals surface area contributed by atoms with Crippen molar-refractivity contribution < 1.29 is 4.74 Å². The quantitative estimate of drug-likeness (QED) is 0.795. The lowest BCUT2D eigenvalue weighted by molar-refractivity contribution is 0.110. The molecule has 1 heterocycles. The highest BCUT2D eigenvalue weighted by atomic mass is 16.5. The van der Waals surface area contributed by atoms with E-state index in [0.717, 1.165) is 26.1 Å². The lowest BCUT2D eigenvalue weighted by atomic mass is 9.93. The van der Waals surface area contributed by atoms with E-state index in [9.17, 15) is 0 Å². The van der Waals surface area contributed by atoms with Gasteiger partial charge in [-0.2, -0.15) is 0 Å². The Balaban J connectivity index is 1.92. The van der Waals surface area contributed by atoms with Gasteiger partial charge in [0.25, 0.3) is 0 Å². The number of hydrogen-bond donors (Lipinski definition) is 1. The van der Waals surface area contributed by atoms with Gasteiger partial charge >= 0.3 is 0 Å². The molecule has 3 rings (SSSR count). The smallest absolute Gasteiger partial charge is 0.0722 e. The minimum atomic E-state index is 0.104. The highest BCUT2D eigenvalue weighted by molar-refractivity contribution is 5.37. The van der Waals surface area contributed by atoms with Crippen molar-refractivity contribution in [3.8, 4) is 0 Å². The Bertz CT molecular complexity index is 382. The van der Waals surface area contributed by atoms with Gasteiger partial charge in [0.1, 0.15) is 0 Å². The predicted octanol–water partition coefficient (Wildman–Crippen LogP) is 1.79. The average molecular weight is 203 g/mol. The predicted molar refractivity (Wildman–Crippen MR) is 59.7 cm³/mol. The third-order valence-electron chi connectivity index (χ3n) is 3.57. The number of nitrogens with two attached hydrogens (primary N) is 1. The van der Waals surface area contributed by atoms with Crippen LogP contribution in [0.15, 0.2) is 18.2 Å². The van der Waals surface area contributed by atoms with Gasteiger partial charge in [0.05, 0.1) is 13.2 Å². The van der Waals surface area contributed by atoms with E-state index in [1.165, 1.54) is 29.5 Å². The lowest BCUT2D eigenvalue weighted by Crippen LogP contribution is -2.26. The summed E-state index contributed by atoms with van der Waals surface area (Å²) in [6.45, 7) is 1.64. The average Bonchev–Trinajstić information content (AvgIpc) is 2.97. The summed E-state index contributed by atoms with van der Waals surface area (Å²) in [6, 6.07) is 6.59. The third kappa shape index (κ3) is 1.80. The molecule has 1 fully saturated rings. The second-order valence-electron chi connectivity index (χ2n) is 4.90. The fraction of sp³-hybridized carbons (Fsp3) is 0.538. The van der Waals surface area contributed by atoms with E-state index < -0.39 is 0 Å². The maximum atomic E-state index is 6.17. The van der Waals surface area contributed by atoms with Gasteiger partial charge in [0.2, 0.25) is 0 Å². The van der Waals surface area contributed by atoms with Crippen LogP contribution < -0.4 is 5.73 Å². The van der Waals surface area contributed by atoms with Crippen LogP contribution in [0.4, 0.5) is 0 Å². The lowest BCUT2D eigenvalue weighted by Gasteiger charge is -2.21. The molecule has 2 aliphatic rings. The Morgan fingerprint density at radius 3 is 3.00 bits per heavy atom. The first-order chi connectivity index (χ1) is 7.27. The van der Waals surface area contributed by atoms with Crippen molar-refractivity contribution >= 4 is 0 Å². The van der Waals surface area contributed by atoms with Crippen molar-refractivity contribution in [2.45, 2.75) is 37.8 Å². The SMILES string of the molecule is NC1(Cc2cccc3c2COCC3)CC1. The number of benzene rings is 1. The molecule has 1 aromatic rings. The highest BCUT2D eigenvalue weighted by Gasteiger charge is 2.38. The Kier molecular flexibility index (Phi) is 2.08. The monoisotopic (exact) mass is 203 g/mol. The minimum absolute atomic E-state index is 0.104. The van der Waals surface area contributed by atoms with E-state index >= 15 is 0 Å². The van der Waals surface area contributed by atoms with Crippen LogP contribution in [0.5, 0.6) is 0 Å². The largest absolute Gasteiger partial charge is 0.376 e. The first-order valence-electron chi connectivity index (χ1n) is 5.73. The summed E-state index contributed by atoms with van der Waals surface area (Å²) >= 11 is 0. The molecule has 0 unspecified atom stereocenters. The second-order valence-corrected chi connectivity index (χ2v) is 4.90.